The molecule has 0 atom stereocenters. The number of hydrogen-bond donors (Lipinski definition) is 0. The number of aromatic nitrogens is 2. The van der Waals surface area contributed by atoms with E-state index >= 15 is 0 Å². The predicted octanol–water partition coefficient (Wildman–Crippen LogP) is 3.68. The summed E-state index contributed by atoms with van der Waals surface area (Å²) >= 11 is 1.59. The lowest BCUT2D eigenvalue weighted by molar-refractivity contribution is 0.0590. The Morgan fingerprint density at radius 2 is 2.04 bits per heavy atom. The van der Waals surface area contributed by atoms with Crippen LogP contribution in [0, 0.1) is 6.92 Å². The Morgan fingerprint density at radius 1 is 1.20 bits per heavy atom. The molecule has 1 saturated heterocycles. The predicted molar refractivity (Wildman–Crippen MR) is 98.1 cm³/mol. The fourth-order valence-corrected chi connectivity index (χ4v) is 4.05. The van der Waals surface area contributed by atoms with Crippen LogP contribution in [-0.2, 0) is 0 Å². The zero-order valence-electron chi connectivity index (χ0n) is 14.0. The third kappa shape index (κ3) is 3.35. The van der Waals surface area contributed by atoms with Gasteiger partial charge in [-0.2, -0.15) is 0 Å². The van der Waals surface area contributed by atoms with Crippen LogP contribution in [0.1, 0.15) is 28.9 Å². The molecule has 3 aromatic rings. The van der Waals surface area contributed by atoms with E-state index in [0.29, 0.717) is 18.8 Å². The molecular formula is C19H19N3O2S. The lowest BCUT2D eigenvalue weighted by atomic mass is 10.1. The van der Waals surface area contributed by atoms with Crippen molar-refractivity contribution in [3.8, 4) is 5.19 Å². The molecule has 1 aliphatic heterocycles. The molecule has 0 radical (unpaired) electrons. The molecule has 0 aliphatic carbocycles. The van der Waals surface area contributed by atoms with Gasteiger partial charge in [0.25, 0.3) is 11.1 Å². The number of aryl methyl sites for hydroxylation is 1. The van der Waals surface area contributed by atoms with Crippen LogP contribution in [-0.4, -0.2) is 40.0 Å². The minimum absolute atomic E-state index is 0.00494. The normalized spacial score (nSPS) is 15.5. The van der Waals surface area contributed by atoms with E-state index in [-0.39, 0.29) is 12.0 Å². The molecule has 6 heteroatoms. The first-order chi connectivity index (χ1) is 12.2. The van der Waals surface area contributed by atoms with E-state index in [2.05, 4.69) is 29.0 Å². The van der Waals surface area contributed by atoms with Crippen LogP contribution >= 0.6 is 11.3 Å². The van der Waals surface area contributed by atoms with E-state index in [0.717, 1.165) is 28.3 Å². The molecule has 0 unspecified atom stereocenters. The highest BCUT2D eigenvalue weighted by molar-refractivity contribution is 7.20. The summed E-state index contributed by atoms with van der Waals surface area (Å²) in [5.74, 6) is -0.00494. The summed E-state index contributed by atoms with van der Waals surface area (Å²) in [7, 11) is 0. The smallest absolute Gasteiger partial charge is 0.274 e. The van der Waals surface area contributed by atoms with Gasteiger partial charge in [-0.05, 0) is 30.7 Å². The molecule has 1 aliphatic rings. The maximum Gasteiger partial charge on any atom is 0.274 e. The summed E-state index contributed by atoms with van der Waals surface area (Å²) < 4.78 is 7.23. The van der Waals surface area contributed by atoms with Gasteiger partial charge in [-0.15, -0.1) is 0 Å². The third-order valence-electron chi connectivity index (χ3n) is 4.48. The molecule has 1 fully saturated rings. The zero-order chi connectivity index (χ0) is 17.2. The number of benzene rings is 1. The number of fused-ring (bicyclic) bond motifs is 1. The Hall–Kier alpha value is -2.47. The number of carbonyl (C=O) groups excluding carboxylic acids is 1. The van der Waals surface area contributed by atoms with Crippen molar-refractivity contribution in [3.63, 3.8) is 0 Å². The van der Waals surface area contributed by atoms with E-state index in [1.165, 1.54) is 5.56 Å². The van der Waals surface area contributed by atoms with Gasteiger partial charge in [-0.25, -0.2) is 4.98 Å². The Balaban J connectivity index is 1.38. The third-order valence-corrected chi connectivity index (χ3v) is 5.39. The second kappa shape index (κ2) is 6.80. The quantitative estimate of drug-likeness (QED) is 0.721. The summed E-state index contributed by atoms with van der Waals surface area (Å²) in [5, 5.41) is 0.721. The van der Waals surface area contributed by atoms with Gasteiger partial charge < -0.3 is 9.64 Å². The van der Waals surface area contributed by atoms with Gasteiger partial charge in [0.15, 0.2) is 0 Å². The van der Waals surface area contributed by atoms with Gasteiger partial charge in [0.05, 0.1) is 10.2 Å². The molecule has 2 aromatic heterocycles. The molecule has 128 valence electrons. The van der Waals surface area contributed by atoms with Gasteiger partial charge in [-0.3, -0.25) is 9.78 Å². The SMILES string of the molecule is Cc1cccc2sc(OC3CCN(C(=O)c4ccccn4)CC3)nc12. The van der Waals surface area contributed by atoms with Crippen molar-refractivity contribution >= 4 is 27.5 Å². The fraction of sp³-hybridized carbons (Fsp3) is 0.316. The van der Waals surface area contributed by atoms with Gasteiger partial charge >= 0.3 is 0 Å². The number of rotatable bonds is 3. The summed E-state index contributed by atoms with van der Waals surface area (Å²) in [4.78, 5) is 23.0. The van der Waals surface area contributed by atoms with Crippen molar-refractivity contribution in [3.05, 3.63) is 53.9 Å². The second-order valence-corrected chi connectivity index (χ2v) is 7.22. The first kappa shape index (κ1) is 16.0. The molecule has 4 rings (SSSR count). The Kier molecular flexibility index (Phi) is 4.36. The molecule has 0 saturated carbocycles. The average molecular weight is 353 g/mol. The monoisotopic (exact) mass is 353 g/mol. The van der Waals surface area contributed by atoms with Crippen molar-refractivity contribution in [2.75, 3.05) is 13.1 Å². The largest absolute Gasteiger partial charge is 0.467 e. The number of pyridine rings is 1. The number of ether oxygens (including phenoxy) is 1. The minimum Gasteiger partial charge on any atom is -0.467 e. The van der Waals surface area contributed by atoms with E-state index in [1.807, 2.05) is 23.1 Å². The van der Waals surface area contributed by atoms with E-state index in [9.17, 15) is 4.79 Å². The van der Waals surface area contributed by atoms with E-state index in [4.69, 9.17) is 4.74 Å². The lowest BCUT2D eigenvalue weighted by Crippen LogP contribution is -2.42. The molecule has 0 bridgehead atoms. The summed E-state index contributed by atoms with van der Waals surface area (Å²) in [5.41, 5.74) is 2.69. The average Bonchev–Trinajstić information content (AvgIpc) is 3.06. The van der Waals surface area contributed by atoms with Gasteiger partial charge in [0, 0.05) is 32.1 Å². The highest BCUT2D eigenvalue weighted by Gasteiger charge is 2.26. The molecule has 3 heterocycles. The number of hydrogen-bond acceptors (Lipinski definition) is 5. The highest BCUT2D eigenvalue weighted by atomic mass is 32.1. The van der Waals surface area contributed by atoms with Crippen molar-refractivity contribution in [1.29, 1.82) is 0 Å². The highest BCUT2D eigenvalue weighted by Crippen LogP contribution is 2.31. The second-order valence-electron chi connectivity index (χ2n) is 6.23. The summed E-state index contributed by atoms with van der Waals surface area (Å²) in [6.45, 7) is 3.43. The molecule has 25 heavy (non-hydrogen) atoms. The number of thiazole rings is 1. The van der Waals surface area contributed by atoms with Gasteiger partial charge in [0.2, 0.25) is 0 Å². The molecule has 0 spiro atoms. The molecular weight excluding hydrogens is 334 g/mol. The number of para-hydroxylation sites is 1. The first-order valence-corrected chi connectivity index (χ1v) is 9.25. The van der Waals surface area contributed by atoms with Crippen LogP contribution in [0.15, 0.2) is 42.6 Å². The van der Waals surface area contributed by atoms with E-state index in [1.54, 1.807) is 23.6 Å². The fourth-order valence-electron chi connectivity index (χ4n) is 3.09. The Morgan fingerprint density at radius 3 is 2.76 bits per heavy atom. The van der Waals surface area contributed by atoms with Crippen LogP contribution in [0.5, 0.6) is 5.19 Å². The van der Waals surface area contributed by atoms with Gasteiger partial charge in [0.1, 0.15) is 11.8 Å². The van der Waals surface area contributed by atoms with Crippen LogP contribution in [0.25, 0.3) is 10.2 Å². The molecule has 1 amide bonds. The van der Waals surface area contributed by atoms with Crippen LogP contribution in [0.2, 0.25) is 0 Å². The van der Waals surface area contributed by atoms with Crippen LogP contribution in [0.3, 0.4) is 0 Å². The maximum atomic E-state index is 12.4. The van der Waals surface area contributed by atoms with Crippen molar-refractivity contribution < 1.29 is 9.53 Å². The Bertz CT molecular complexity index is 886. The van der Waals surface area contributed by atoms with Crippen LogP contribution < -0.4 is 4.74 Å². The summed E-state index contributed by atoms with van der Waals surface area (Å²) in [6.07, 6.45) is 3.38. The Labute approximate surface area is 150 Å². The number of piperidine rings is 1. The number of nitrogens with zero attached hydrogens (tertiary/aromatic N) is 3. The standard InChI is InChI=1S/C19H19N3O2S/c1-13-5-4-7-16-17(13)21-19(25-16)24-14-8-11-22(12-9-14)18(23)15-6-2-3-10-20-15/h2-7,10,14H,8-9,11-12H2,1H3. The molecule has 5 nitrogen and oxygen atoms in total. The first-order valence-electron chi connectivity index (χ1n) is 8.44. The van der Waals surface area contributed by atoms with Crippen molar-refractivity contribution in [2.24, 2.45) is 0 Å². The number of amides is 1. The van der Waals surface area contributed by atoms with E-state index < -0.39 is 0 Å². The van der Waals surface area contributed by atoms with Gasteiger partial charge in [-0.1, -0.05) is 29.5 Å². The topological polar surface area (TPSA) is 55.3 Å². The zero-order valence-corrected chi connectivity index (χ0v) is 14.8. The maximum absolute atomic E-state index is 12.4. The summed E-state index contributed by atoms with van der Waals surface area (Å²) in [6, 6.07) is 11.6. The number of likely N-dealkylation sites (tertiary alicyclic amines) is 1. The number of carbonyl (C=O) groups is 1. The molecule has 0 N–H and O–H groups in total. The molecule has 1 aromatic carbocycles. The van der Waals surface area contributed by atoms with Crippen molar-refractivity contribution in [2.45, 2.75) is 25.9 Å². The lowest BCUT2D eigenvalue weighted by Gasteiger charge is -2.31. The minimum atomic E-state index is -0.00494. The van der Waals surface area contributed by atoms with Crippen LogP contribution in [0.4, 0.5) is 0 Å². The van der Waals surface area contributed by atoms with Crippen molar-refractivity contribution in [1.82, 2.24) is 14.9 Å².